The Labute approximate surface area is 128 Å². The number of hydrogen-bond acceptors (Lipinski definition) is 3. The van der Waals surface area contributed by atoms with Crippen LogP contribution < -0.4 is 0 Å². The van der Waals surface area contributed by atoms with Crippen LogP contribution in [-0.2, 0) is 18.2 Å². The van der Waals surface area contributed by atoms with E-state index in [4.69, 9.17) is 4.74 Å². The summed E-state index contributed by atoms with van der Waals surface area (Å²) in [6.07, 6.45) is 4.73. The molecular weight excluding hydrogens is 322 g/mol. The number of piperidine rings is 1. The van der Waals surface area contributed by atoms with Crippen molar-refractivity contribution in [1.82, 2.24) is 14.7 Å². The van der Waals surface area contributed by atoms with E-state index in [1.807, 2.05) is 25.1 Å². The molecule has 0 saturated carbocycles. The van der Waals surface area contributed by atoms with Gasteiger partial charge in [0, 0.05) is 31.7 Å². The van der Waals surface area contributed by atoms with Crippen molar-refractivity contribution in [3.8, 4) is 0 Å². The average molecular weight is 344 g/mol. The second-order valence-electron chi connectivity index (χ2n) is 5.07. The molecule has 20 heavy (non-hydrogen) atoms. The van der Waals surface area contributed by atoms with E-state index in [9.17, 15) is 4.79 Å². The molecule has 2 heterocycles. The highest BCUT2D eigenvalue weighted by Gasteiger charge is 2.26. The van der Waals surface area contributed by atoms with Crippen molar-refractivity contribution in [3.05, 3.63) is 17.5 Å². The second-order valence-corrected chi connectivity index (χ2v) is 5.86. The molecule has 1 saturated heterocycles. The Bertz CT molecular complexity index is 453. The predicted octanol–water partition coefficient (Wildman–Crippen LogP) is 2.00. The van der Waals surface area contributed by atoms with Crippen LogP contribution in [0.4, 0.5) is 0 Å². The highest BCUT2D eigenvalue weighted by atomic mass is 79.9. The van der Waals surface area contributed by atoms with Crippen LogP contribution in [0.2, 0.25) is 0 Å². The number of carbonyl (C=O) groups excluding carboxylic acids is 1. The molecule has 112 valence electrons. The predicted molar refractivity (Wildman–Crippen MR) is 81.3 cm³/mol. The summed E-state index contributed by atoms with van der Waals surface area (Å²) in [6, 6.07) is 0. The number of halogens is 1. The Morgan fingerprint density at radius 2 is 2.20 bits per heavy atom. The van der Waals surface area contributed by atoms with Gasteiger partial charge in [-0.15, -0.1) is 0 Å². The minimum Gasteiger partial charge on any atom is -0.377 e. The number of amides is 1. The van der Waals surface area contributed by atoms with Gasteiger partial charge < -0.3 is 9.64 Å². The van der Waals surface area contributed by atoms with Crippen molar-refractivity contribution < 1.29 is 9.53 Å². The lowest BCUT2D eigenvalue weighted by atomic mass is 10.1. The molecule has 0 bridgehead atoms. The van der Waals surface area contributed by atoms with Gasteiger partial charge in [0.1, 0.15) is 0 Å². The molecule has 0 atom stereocenters. The quantitative estimate of drug-likeness (QED) is 0.768. The van der Waals surface area contributed by atoms with Crippen LogP contribution in [-0.4, -0.2) is 51.7 Å². The van der Waals surface area contributed by atoms with Crippen LogP contribution in [0, 0.1) is 0 Å². The minimum absolute atomic E-state index is 0.105. The molecule has 1 aromatic rings. The van der Waals surface area contributed by atoms with E-state index in [-0.39, 0.29) is 12.0 Å². The van der Waals surface area contributed by atoms with Gasteiger partial charge in [-0.2, -0.15) is 5.10 Å². The van der Waals surface area contributed by atoms with Crippen molar-refractivity contribution in [2.75, 3.05) is 25.0 Å². The van der Waals surface area contributed by atoms with Crippen LogP contribution in [0.15, 0.2) is 6.20 Å². The fraction of sp³-hybridized carbons (Fsp3) is 0.714. The molecule has 0 aromatic carbocycles. The van der Waals surface area contributed by atoms with Crippen LogP contribution in [0.5, 0.6) is 0 Å². The molecule has 2 rings (SSSR count). The Morgan fingerprint density at radius 3 is 2.80 bits per heavy atom. The van der Waals surface area contributed by atoms with Crippen LogP contribution >= 0.6 is 15.9 Å². The zero-order valence-electron chi connectivity index (χ0n) is 12.1. The van der Waals surface area contributed by atoms with Gasteiger partial charge in [-0.05, 0) is 19.3 Å². The van der Waals surface area contributed by atoms with Gasteiger partial charge in [-0.1, -0.05) is 22.9 Å². The van der Waals surface area contributed by atoms with E-state index in [1.165, 1.54) is 0 Å². The average Bonchev–Trinajstić information content (AvgIpc) is 2.86. The number of ether oxygens (including phenoxy) is 1. The van der Waals surface area contributed by atoms with E-state index in [0.29, 0.717) is 0 Å². The normalized spacial score (nSPS) is 16.6. The summed E-state index contributed by atoms with van der Waals surface area (Å²) in [6.45, 7) is 4.30. The molecule has 1 aromatic heterocycles. The van der Waals surface area contributed by atoms with Crippen molar-refractivity contribution in [2.24, 2.45) is 7.05 Å². The van der Waals surface area contributed by atoms with Crippen LogP contribution in [0.25, 0.3) is 0 Å². The monoisotopic (exact) mass is 343 g/mol. The third kappa shape index (κ3) is 3.61. The maximum Gasteiger partial charge on any atom is 0.257 e. The van der Waals surface area contributed by atoms with Crippen molar-refractivity contribution in [1.29, 1.82) is 0 Å². The third-order valence-electron chi connectivity index (χ3n) is 3.63. The summed E-state index contributed by atoms with van der Waals surface area (Å²) < 4.78 is 7.43. The topological polar surface area (TPSA) is 47.4 Å². The Hall–Kier alpha value is -0.880. The zero-order valence-corrected chi connectivity index (χ0v) is 13.7. The van der Waals surface area contributed by atoms with Gasteiger partial charge in [0.15, 0.2) is 0 Å². The van der Waals surface area contributed by atoms with Gasteiger partial charge in [0.2, 0.25) is 0 Å². The standard InChI is InChI=1S/C14H22BrN3O2/c1-3-13-12(10-17(2)16-13)14(19)18-7-4-11(5-8-18)20-9-6-15/h10-11H,3-9H2,1-2H3. The molecule has 6 heteroatoms. The maximum absolute atomic E-state index is 12.5. The summed E-state index contributed by atoms with van der Waals surface area (Å²) in [4.78, 5) is 14.5. The summed E-state index contributed by atoms with van der Waals surface area (Å²) in [5.74, 6) is 0.105. The van der Waals surface area contributed by atoms with Gasteiger partial charge in [-0.25, -0.2) is 0 Å². The first kappa shape index (κ1) is 15.5. The Balaban J connectivity index is 1.94. The van der Waals surface area contributed by atoms with Gasteiger partial charge in [0.05, 0.1) is 24.0 Å². The molecule has 5 nitrogen and oxygen atoms in total. The maximum atomic E-state index is 12.5. The Kier molecular flexibility index (Phi) is 5.60. The zero-order chi connectivity index (χ0) is 14.5. The lowest BCUT2D eigenvalue weighted by Gasteiger charge is -2.31. The minimum atomic E-state index is 0.105. The molecule has 1 fully saturated rings. The van der Waals surface area contributed by atoms with E-state index < -0.39 is 0 Å². The van der Waals surface area contributed by atoms with Crippen molar-refractivity contribution in [3.63, 3.8) is 0 Å². The summed E-state index contributed by atoms with van der Waals surface area (Å²) in [5, 5.41) is 5.20. The third-order valence-corrected chi connectivity index (χ3v) is 3.95. The van der Waals surface area contributed by atoms with E-state index in [2.05, 4.69) is 21.0 Å². The van der Waals surface area contributed by atoms with Gasteiger partial charge >= 0.3 is 0 Å². The number of aromatic nitrogens is 2. The largest absolute Gasteiger partial charge is 0.377 e. The van der Waals surface area contributed by atoms with Crippen LogP contribution in [0.3, 0.4) is 0 Å². The van der Waals surface area contributed by atoms with Crippen LogP contribution in [0.1, 0.15) is 35.8 Å². The summed E-state index contributed by atoms with van der Waals surface area (Å²) >= 11 is 3.36. The Morgan fingerprint density at radius 1 is 1.50 bits per heavy atom. The van der Waals surface area contributed by atoms with Gasteiger partial charge in [0.25, 0.3) is 5.91 Å². The number of rotatable bonds is 5. The lowest BCUT2D eigenvalue weighted by molar-refractivity contribution is 0.0159. The molecule has 0 aliphatic carbocycles. The van der Waals surface area contributed by atoms with E-state index in [0.717, 1.165) is 55.5 Å². The molecule has 1 amide bonds. The fourth-order valence-electron chi connectivity index (χ4n) is 2.58. The summed E-state index contributed by atoms with van der Waals surface area (Å²) in [5.41, 5.74) is 1.63. The first-order valence-electron chi connectivity index (χ1n) is 7.15. The molecule has 0 unspecified atom stereocenters. The second kappa shape index (κ2) is 7.22. The smallest absolute Gasteiger partial charge is 0.257 e. The fourth-order valence-corrected chi connectivity index (χ4v) is 2.77. The molecule has 0 radical (unpaired) electrons. The highest BCUT2D eigenvalue weighted by molar-refractivity contribution is 9.09. The number of aryl methyl sites for hydroxylation is 2. The highest BCUT2D eigenvalue weighted by Crippen LogP contribution is 2.18. The summed E-state index contributed by atoms with van der Waals surface area (Å²) in [7, 11) is 1.86. The molecule has 1 aliphatic rings. The number of nitrogens with zero attached hydrogens (tertiary/aromatic N) is 3. The number of carbonyl (C=O) groups is 1. The number of hydrogen-bond donors (Lipinski definition) is 0. The first-order valence-corrected chi connectivity index (χ1v) is 8.27. The molecule has 0 N–H and O–H groups in total. The molecule has 0 spiro atoms. The lowest BCUT2D eigenvalue weighted by Crippen LogP contribution is -2.41. The SMILES string of the molecule is CCc1nn(C)cc1C(=O)N1CCC(OCCBr)CC1. The van der Waals surface area contributed by atoms with Crippen molar-refractivity contribution in [2.45, 2.75) is 32.3 Å². The van der Waals surface area contributed by atoms with Crippen molar-refractivity contribution >= 4 is 21.8 Å². The molecular formula is C14H22BrN3O2. The number of alkyl halides is 1. The van der Waals surface area contributed by atoms with E-state index in [1.54, 1.807) is 4.68 Å². The van der Waals surface area contributed by atoms with Gasteiger partial charge in [-0.3, -0.25) is 9.48 Å². The van der Waals surface area contributed by atoms with E-state index >= 15 is 0 Å². The molecule has 1 aliphatic heterocycles. The number of likely N-dealkylation sites (tertiary alicyclic amines) is 1. The first-order chi connectivity index (χ1) is 9.65.